The first-order chi connectivity index (χ1) is 7.08. The lowest BCUT2D eigenvalue weighted by molar-refractivity contribution is 0.619. The van der Waals surface area contributed by atoms with Gasteiger partial charge in [0.1, 0.15) is 10.2 Å². The molecule has 0 aliphatic heterocycles. The lowest BCUT2D eigenvalue weighted by Gasteiger charge is -2.01. The zero-order valence-corrected chi connectivity index (χ0v) is 10.0. The third-order valence-electron chi connectivity index (χ3n) is 2.28. The largest absolute Gasteiger partial charge is 0.207 e. The third-order valence-corrected chi connectivity index (χ3v) is 3.55. The third kappa shape index (κ3) is 2.06. The molecule has 1 aromatic carbocycles. The lowest BCUT2D eigenvalue weighted by Crippen LogP contribution is -1.83. The zero-order valence-electron chi connectivity index (χ0n) is 8.47. The summed E-state index contributed by atoms with van der Waals surface area (Å²) in [5.74, 6) is -0.179. The number of rotatable bonds is 1. The normalized spacial score (nSPS) is 10.7. The van der Waals surface area contributed by atoms with Crippen LogP contribution in [0, 0.1) is 19.7 Å². The topological polar surface area (TPSA) is 0 Å². The Balaban J connectivity index is 2.54. The van der Waals surface area contributed by atoms with Gasteiger partial charge < -0.3 is 0 Å². The summed E-state index contributed by atoms with van der Waals surface area (Å²) >= 11 is 7.64. The molecule has 15 heavy (non-hydrogen) atoms. The Morgan fingerprint density at radius 2 is 1.93 bits per heavy atom. The summed E-state index contributed by atoms with van der Waals surface area (Å²) in [5, 5.41) is 0. The van der Waals surface area contributed by atoms with Gasteiger partial charge >= 0.3 is 0 Å². The number of hydrogen-bond donors (Lipinski definition) is 0. The van der Waals surface area contributed by atoms with Gasteiger partial charge in [-0.3, -0.25) is 0 Å². The van der Waals surface area contributed by atoms with Gasteiger partial charge in [-0.25, -0.2) is 4.39 Å². The van der Waals surface area contributed by atoms with E-state index in [1.807, 2.05) is 19.1 Å². The molecule has 78 valence electrons. The summed E-state index contributed by atoms with van der Waals surface area (Å²) in [6, 6.07) is 7.09. The number of halogens is 2. The second kappa shape index (κ2) is 3.95. The van der Waals surface area contributed by atoms with Crippen molar-refractivity contribution < 1.29 is 4.39 Å². The van der Waals surface area contributed by atoms with Crippen molar-refractivity contribution in [3.8, 4) is 11.1 Å². The van der Waals surface area contributed by atoms with Gasteiger partial charge in [0.25, 0.3) is 0 Å². The zero-order chi connectivity index (χ0) is 11.0. The first kappa shape index (κ1) is 10.7. The Labute approximate surface area is 97.3 Å². The van der Waals surface area contributed by atoms with Crippen LogP contribution in [0.4, 0.5) is 4.39 Å². The second-order valence-corrected chi connectivity index (χ2v) is 5.37. The smallest absolute Gasteiger partial charge is 0.126 e. The van der Waals surface area contributed by atoms with Gasteiger partial charge in [0, 0.05) is 10.4 Å². The predicted molar refractivity (Wildman–Crippen MR) is 64.2 cm³/mol. The van der Waals surface area contributed by atoms with Crippen molar-refractivity contribution in [2.75, 3.05) is 0 Å². The van der Waals surface area contributed by atoms with Crippen molar-refractivity contribution >= 4 is 22.9 Å². The highest BCUT2D eigenvalue weighted by molar-refractivity contribution is 7.16. The van der Waals surface area contributed by atoms with Crippen molar-refractivity contribution in [1.29, 1.82) is 0 Å². The van der Waals surface area contributed by atoms with Crippen LogP contribution in [0.3, 0.4) is 0 Å². The van der Waals surface area contributed by atoms with E-state index >= 15 is 0 Å². The molecule has 0 spiro atoms. The predicted octanol–water partition coefficient (Wildman–Crippen LogP) is 4.82. The Morgan fingerprint density at radius 3 is 2.47 bits per heavy atom. The van der Waals surface area contributed by atoms with Crippen molar-refractivity contribution in [2.24, 2.45) is 0 Å². The maximum atomic E-state index is 13.1. The van der Waals surface area contributed by atoms with E-state index < -0.39 is 0 Å². The van der Waals surface area contributed by atoms with E-state index in [0.29, 0.717) is 5.56 Å². The van der Waals surface area contributed by atoms with Gasteiger partial charge in [0.05, 0.1) is 0 Å². The van der Waals surface area contributed by atoms with Gasteiger partial charge in [-0.1, -0.05) is 17.7 Å². The maximum Gasteiger partial charge on any atom is 0.126 e. The van der Waals surface area contributed by atoms with E-state index in [-0.39, 0.29) is 5.82 Å². The van der Waals surface area contributed by atoms with Crippen LogP contribution in [0.2, 0.25) is 4.34 Å². The van der Waals surface area contributed by atoms with E-state index in [1.54, 1.807) is 24.3 Å². The molecule has 1 heterocycles. The van der Waals surface area contributed by atoms with E-state index in [0.717, 1.165) is 20.3 Å². The summed E-state index contributed by atoms with van der Waals surface area (Å²) in [6.45, 7) is 3.77. The molecule has 0 N–H and O–H groups in total. The fourth-order valence-corrected chi connectivity index (χ4v) is 2.77. The highest BCUT2D eigenvalue weighted by Crippen LogP contribution is 2.35. The number of hydrogen-bond acceptors (Lipinski definition) is 1. The van der Waals surface area contributed by atoms with Crippen LogP contribution < -0.4 is 0 Å². The molecule has 0 amide bonds. The molecule has 0 atom stereocenters. The Morgan fingerprint density at radius 1 is 1.20 bits per heavy atom. The van der Waals surface area contributed by atoms with Crippen LogP contribution in [0.25, 0.3) is 11.1 Å². The minimum atomic E-state index is -0.179. The van der Waals surface area contributed by atoms with Gasteiger partial charge in [-0.05, 0) is 43.2 Å². The molecule has 0 nitrogen and oxygen atoms in total. The molecule has 0 fully saturated rings. The SMILES string of the molecule is Cc1cc(-c2ccc(F)c(C)c2)c(Cl)s1. The molecule has 0 bridgehead atoms. The summed E-state index contributed by atoms with van der Waals surface area (Å²) in [4.78, 5) is 1.16. The monoisotopic (exact) mass is 240 g/mol. The van der Waals surface area contributed by atoms with Crippen molar-refractivity contribution in [3.63, 3.8) is 0 Å². The fourth-order valence-electron chi connectivity index (χ4n) is 1.49. The molecule has 0 radical (unpaired) electrons. The standard InChI is InChI=1S/C12H10ClFS/c1-7-5-9(3-4-11(7)14)10-6-8(2)15-12(10)13/h3-6H,1-2H3. The highest BCUT2D eigenvalue weighted by atomic mass is 35.5. The van der Waals surface area contributed by atoms with Gasteiger partial charge in [0.2, 0.25) is 0 Å². The summed E-state index contributed by atoms with van der Waals surface area (Å²) < 4.78 is 13.9. The molecule has 2 aromatic rings. The summed E-state index contributed by atoms with van der Waals surface area (Å²) in [6.07, 6.45) is 0. The molecule has 0 saturated carbocycles. The van der Waals surface area contributed by atoms with Crippen molar-refractivity contribution in [2.45, 2.75) is 13.8 Å². The number of benzene rings is 1. The Hall–Kier alpha value is -0.860. The fraction of sp³-hybridized carbons (Fsp3) is 0.167. The number of thiophene rings is 1. The number of aryl methyl sites for hydroxylation is 2. The molecule has 1 aromatic heterocycles. The summed E-state index contributed by atoms with van der Waals surface area (Å²) in [5.41, 5.74) is 2.61. The molecule has 0 aliphatic carbocycles. The average Bonchev–Trinajstić information content (AvgIpc) is 2.50. The first-order valence-electron chi connectivity index (χ1n) is 4.60. The molecule has 3 heteroatoms. The Bertz CT molecular complexity index is 502. The van der Waals surface area contributed by atoms with Crippen molar-refractivity contribution in [3.05, 3.63) is 44.9 Å². The molecule has 0 unspecified atom stereocenters. The van der Waals surface area contributed by atoms with Crippen LogP contribution in [0.15, 0.2) is 24.3 Å². The minimum Gasteiger partial charge on any atom is -0.207 e. The van der Waals surface area contributed by atoms with Crippen LogP contribution in [0.1, 0.15) is 10.4 Å². The molecular weight excluding hydrogens is 231 g/mol. The highest BCUT2D eigenvalue weighted by Gasteiger charge is 2.08. The molecule has 0 aliphatic rings. The van der Waals surface area contributed by atoms with E-state index in [1.165, 1.54) is 6.07 Å². The second-order valence-electron chi connectivity index (χ2n) is 3.51. The van der Waals surface area contributed by atoms with Gasteiger partial charge in [-0.2, -0.15) is 0 Å². The average molecular weight is 241 g/mol. The minimum absolute atomic E-state index is 0.179. The van der Waals surface area contributed by atoms with Crippen LogP contribution in [-0.4, -0.2) is 0 Å². The van der Waals surface area contributed by atoms with Crippen molar-refractivity contribution in [1.82, 2.24) is 0 Å². The van der Waals surface area contributed by atoms with E-state index in [2.05, 4.69) is 0 Å². The maximum absolute atomic E-state index is 13.1. The van der Waals surface area contributed by atoms with Gasteiger partial charge in [0.15, 0.2) is 0 Å². The van der Waals surface area contributed by atoms with Gasteiger partial charge in [-0.15, -0.1) is 11.3 Å². The van der Waals surface area contributed by atoms with Crippen LogP contribution >= 0.6 is 22.9 Å². The Kier molecular flexibility index (Phi) is 2.81. The summed E-state index contributed by atoms with van der Waals surface area (Å²) in [7, 11) is 0. The molecule has 2 rings (SSSR count). The van der Waals surface area contributed by atoms with Crippen LogP contribution in [-0.2, 0) is 0 Å². The van der Waals surface area contributed by atoms with E-state index in [4.69, 9.17) is 11.6 Å². The van der Waals surface area contributed by atoms with Crippen LogP contribution in [0.5, 0.6) is 0 Å². The quantitative estimate of drug-likeness (QED) is 0.670. The molecular formula is C12H10ClFS. The molecule has 0 saturated heterocycles. The lowest BCUT2D eigenvalue weighted by atomic mass is 10.1. The first-order valence-corrected chi connectivity index (χ1v) is 5.80. The van der Waals surface area contributed by atoms with E-state index in [9.17, 15) is 4.39 Å².